The summed E-state index contributed by atoms with van der Waals surface area (Å²) in [6, 6.07) is 3.08. The van der Waals surface area contributed by atoms with E-state index in [1.807, 2.05) is 0 Å². The lowest BCUT2D eigenvalue weighted by molar-refractivity contribution is -0.336. The molecule has 0 radical (unpaired) electrons. The van der Waals surface area contributed by atoms with Gasteiger partial charge in [-0.1, -0.05) is 0 Å². The molecule has 0 spiro atoms. The summed E-state index contributed by atoms with van der Waals surface area (Å²) in [6.07, 6.45) is -4.73. The van der Waals surface area contributed by atoms with E-state index in [1.54, 1.807) is 0 Å². The van der Waals surface area contributed by atoms with E-state index in [-0.39, 0.29) is 38.3 Å². The van der Waals surface area contributed by atoms with Crippen LogP contribution in [0.1, 0.15) is 42.5 Å². The number of nitrogens with one attached hydrogen (secondary N) is 2. The third-order valence-electron chi connectivity index (χ3n) is 6.53. The Labute approximate surface area is 180 Å². The summed E-state index contributed by atoms with van der Waals surface area (Å²) < 4.78 is 95.2. The van der Waals surface area contributed by atoms with E-state index in [0.29, 0.717) is 25.0 Å². The number of halogens is 5. The Bertz CT molecular complexity index is 1090. The smallest absolute Gasteiger partial charge is 0.346 e. The van der Waals surface area contributed by atoms with Crippen LogP contribution < -0.4 is 10.0 Å². The number of piperidine rings is 1. The highest BCUT2D eigenvalue weighted by Crippen LogP contribution is 2.73. The summed E-state index contributed by atoms with van der Waals surface area (Å²) in [4.78, 5) is 12.7. The van der Waals surface area contributed by atoms with Gasteiger partial charge in [0.15, 0.2) is 11.6 Å². The van der Waals surface area contributed by atoms with Crippen LogP contribution in [0.2, 0.25) is 0 Å². The number of hydrogen-bond acceptors (Lipinski definition) is 4. The van der Waals surface area contributed by atoms with E-state index in [4.69, 9.17) is 5.26 Å². The predicted molar refractivity (Wildman–Crippen MR) is 101 cm³/mol. The average Bonchev–Trinajstić information content (AvgIpc) is 2.64. The molecule has 4 fully saturated rings. The largest absolute Gasteiger partial charge is 0.394 e. The first-order valence-electron chi connectivity index (χ1n) is 9.86. The number of carbonyl (C=O) groups is 1. The monoisotopic (exact) mass is 478 g/mol. The molecule has 174 valence electrons. The van der Waals surface area contributed by atoms with Gasteiger partial charge in [-0.15, -0.1) is 0 Å². The lowest BCUT2D eigenvalue weighted by Gasteiger charge is -2.70. The highest BCUT2D eigenvalue weighted by molar-refractivity contribution is 7.90. The first kappa shape index (κ1) is 22.7. The van der Waals surface area contributed by atoms with Gasteiger partial charge in [0.1, 0.15) is 0 Å². The van der Waals surface area contributed by atoms with Gasteiger partial charge in [-0.2, -0.15) is 31.2 Å². The number of rotatable bonds is 5. The summed E-state index contributed by atoms with van der Waals surface area (Å²) in [5.74, 6) is -4.10. The normalized spacial score (nSPS) is 28.2. The molecule has 2 N–H and O–H groups in total. The van der Waals surface area contributed by atoms with Crippen LogP contribution in [0.3, 0.4) is 0 Å². The number of carbonyl (C=O) groups excluding carboxylic acids is 1. The zero-order valence-corrected chi connectivity index (χ0v) is 17.4. The van der Waals surface area contributed by atoms with Crippen LogP contribution in [0.15, 0.2) is 12.1 Å². The number of nitriles is 1. The third-order valence-corrected chi connectivity index (χ3v) is 8.05. The molecular formula is C19H19F5N4O3S. The number of anilines is 1. The Morgan fingerprint density at radius 1 is 1.12 bits per heavy atom. The summed E-state index contributed by atoms with van der Waals surface area (Å²) in [5, 5.41) is 11.4. The van der Waals surface area contributed by atoms with Crippen molar-refractivity contribution in [3.63, 3.8) is 0 Å². The molecule has 1 amide bonds. The maximum Gasteiger partial charge on any atom is 0.394 e. The minimum Gasteiger partial charge on any atom is -0.346 e. The van der Waals surface area contributed by atoms with Gasteiger partial charge >= 0.3 is 16.4 Å². The SMILES string of the molecule is N#CC1CCN(S(=O)(=O)Nc2cc(F)c(F)cc2C(=O)NC23CC(C(F)(F)F)(C2)C3)CC1. The molecule has 0 unspecified atom stereocenters. The van der Waals surface area contributed by atoms with Crippen LogP contribution in [-0.2, 0) is 10.2 Å². The molecule has 1 aromatic rings. The topological polar surface area (TPSA) is 102 Å². The standard InChI is InChI=1S/C19H19F5N4O3S/c20-13-5-12(16(29)26-18-8-17(9-18,10-18)19(22,23)24)15(6-14(13)21)27-32(30,31)28-3-1-11(7-25)2-4-28/h5-6,11,27H,1-4,8-10H2,(H,26,29). The lowest BCUT2D eigenvalue weighted by Crippen LogP contribution is -2.78. The van der Waals surface area contributed by atoms with E-state index in [1.165, 1.54) is 0 Å². The summed E-state index contributed by atoms with van der Waals surface area (Å²) >= 11 is 0. The number of nitrogens with zero attached hydrogens (tertiary/aromatic N) is 2. The van der Waals surface area contributed by atoms with Gasteiger partial charge in [0.05, 0.1) is 22.7 Å². The maximum absolute atomic E-state index is 13.8. The summed E-state index contributed by atoms with van der Waals surface area (Å²) in [7, 11) is -4.25. The van der Waals surface area contributed by atoms with E-state index in [2.05, 4.69) is 16.1 Å². The van der Waals surface area contributed by atoms with Gasteiger partial charge in [-0.3, -0.25) is 9.52 Å². The Hall–Kier alpha value is -2.46. The van der Waals surface area contributed by atoms with Gasteiger partial charge in [0.2, 0.25) is 0 Å². The Morgan fingerprint density at radius 2 is 1.69 bits per heavy atom. The number of amides is 1. The van der Waals surface area contributed by atoms with Gasteiger partial charge in [-0.05, 0) is 38.2 Å². The van der Waals surface area contributed by atoms with E-state index in [0.717, 1.165) is 4.31 Å². The molecule has 1 heterocycles. The van der Waals surface area contributed by atoms with Gasteiger partial charge in [0.25, 0.3) is 5.91 Å². The van der Waals surface area contributed by atoms with Crippen molar-refractivity contribution in [1.82, 2.24) is 9.62 Å². The second-order valence-corrected chi connectivity index (χ2v) is 10.4. The van der Waals surface area contributed by atoms with Crippen LogP contribution in [0, 0.1) is 34.3 Å². The fourth-order valence-corrected chi connectivity index (χ4v) is 6.04. The quantitative estimate of drug-likeness (QED) is 0.635. The van der Waals surface area contributed by atoms with Crippen molar-refractivity contribution in [2.45, 2.75) is 43.8 Å². The molecule has 0 atom stereocenters. The zero-order valence-electron chi connectivity index (χ0n) is 16.6. The van der Waals surface area contributed by atoms with Crippen molar-refractivity contribution in [1.29, 1.82) is 5.26 Å². The van der Waals surface area contributed by atoms with E-state index in [9.17, 15) is 35.2 Å². The van der Waals surface area contributed by atoms with Crippen LogP contribution >= 0.6 is 0 Å². The molecular weight excluding hydrogens is 459 g/mol. The van der Waals surface area contributed by atoms with Gasteiger partial charge in [-0.25, -0.2) is 8.78 Å². The molecule has 1 aliphatic heterocycles. The van der Waals surface area contributed by atoms with Gasteiger partial charge < -0.3 is 5.32 Å². The van der Waals surface area contributed by atoms with Crippen LogP contribution in [0.25, 0.3) is 0 Å². The van der Waals surface area contributed by atoms with Crippen LogP contribution in [-0.4, -0.2) is 43.4 Å². The van der Waals surface area contributed by atoms with Crippen LogP contribution in [0.4, 0.5) is 27.6 Å². The fraction of sp³-hybridized carbons (Fsp3) is 0.579. The fourth-order valence-electron chi connectivity index (χ4n) is 4.78. The first-order valence-corrected chi connectivity index (χ1v) is 11.3. The summed E-state index contributed by atoms with van der Waals surface area (Å²) in [5.41, 5.74) is -3.98. The maximum atomic E-state index is 13.8. The zero-order chi connectivity index (χ0) is 23.5. The molecule has 3 saturated carbocycles. The van der Waals surface area contributed by atoms with E-state index >= 15 is 0 Å². The van der Waals surface area contributed by atoms with Crippen LogP contribution in [0.5, 0.6) is 0 Å². The molecule has 32 heavy (non-hydrogen) atoms. The van der Waals surface area contributed by atoms with Crippen molar-refractivity contribution in [3.8, 4) is 6.07 Å². The highest BCUT2D eigenvalue weighted by atomic mass is 32.2. The molecule has 7 nitrogen and oxygen atoms in total. The number of hydrogen-bond donors (Lipinski definition) is 2. The average molecular weight is 478 g/mol. The number of benzene rings is 1. The highest BCUT2D eigenvalue weighted by Gasteiger charge is 2.79. The van der Waals surface area contributed by atoms with Crippen molar-refractivity contribution >= 4 is 21.8 Å². The molecule has 1 aromatic carbocycles. The number of alkyl halides is 3. The Balaban J connectivity index is 1.51. The van der Waals surface area contributed by atoms with Crippen molar-refractivity contribution in [2.75, 3.05) is 17.8 Å². The summed E-state index contributed by atoms with van der Waals surface area (Å²) in [6.45, 7) is 0.0583. The molecule has 13 heteroatoms. The van der Waals surface area contributed by atoms with Crippen molar-refractivity contribution in [3.05, 3.63) is 29.3 Å². The van der Waals surface area contributed by atoms with Crippen molar-refractivity contribution < 1.29 is 35.2 Å². The molecule has 0 aromatic heterocycles. The van der Waals surface area contributed by atoms with Crippen molar-refractivity contribution in [2.24, 2.45) is 11.3 Å². The van der Waals surface area contributed by atoms with E-state index < -0.39 is 56.1 Å². The Kier molecular flexibility index (Phi) is 5.17. The second-order valence-electron chi connectivity index (χ2n) is 8.76. The Morgan fingerprint density at radius 3 is 2.22 bits per heavy atom. The minimum atomic E-state index is -4.39. The predicted octanol–water partition coefficient (Wildman–Crippen LogP) is 3.07. The van der Waals surface area contributed by atoms with Gasteiger partial charge in [0, 0.05) is 30.6 Å². The second kappa shape index (κ2) is 7.28. The molecule has 4 aliphatic rings. The molecule has 2 bridgehead atoms. The molecule has 5 rings (SSSR count). The minimum absolute atomic E-state index is 0.0292. The first-order chi connectivity index (χ1) is 14.8. The molecule has 3 aliphatic carbocycles. The third kappa shape index (κ3) is 3.69. The molecule has 1 saturated heterocycles. The lowest BCUT2D eigenvalue weighted by atomic mass is 9.39.